The first-order valence-corrected chi connectivity index (χ1v) is 12.1. The highest BCUT2D eigenvalue weighted by atomic mass is 32.2. The second kappa shape index (κ2) is 9.25. The van der Waals surface area contributed by atoms with Gasteiger partial charge < -0.3 is 13.8 Å². The molecule has 0 radical (unpaired) electrons. The van der Waals surface area contributed by atoms with Crippen LogP contribution in [0.2, 0.25) is 0 Å². The minimum atomic E-state index is -3.74. The zero-order chi connectivity index (χ0) is 23.6. The van der Waals surface area contributed by atoms with Gasteiger partial charge in [0.05, 0.1) is 12.8 Å². The van der Waals surface area contributed by atoms with Gasteiger partial charge in [-0.2, -0.15) is 4.31 Å². The van der Waals surface area contributed by atoms with E-state index in [2.05, 4.69) is 11.1 Å². The fraction of sp³-hybridized carbons (Fsp3) is 0.333. The third kappa shape index (κ3) is 4.58. The molecule has 0 N–H and O–H groups in total. The molecule has 0 saturated carbocycles. The van der Waals surface area contributed by atoms with E-state index in [1.807, 2.05) is 18.2 Å². The van der Waals surface area contributed by atoms with Gasteiger partial charge in [-0.25, -0.2) is 8.42 Å². The molecule has 0 aliphatic carbocycles. The number of carbonyl (C=O) groups is 1. The Hall–Kier alpha value is -3.35. The van der Waals surface area contributed by atoms with E-state index in [0.29, 0.717) is 35.5 Å². The van der Waals surface area contributed by atoms with E-state index in [9.17, 15) is 13.2 Å². The fourth-order valence-electron chi connectivity index (χ4n) is 4.15. The van der Waals surface area contributed by atoms with E-state index < -0.39 is 10.0 Å². The minimum Gasteiger partial charge on any atom is -0.467 e. The van der Waals surface area contributed by atoms with Crippen molar-refractivity contribution in [1.82, 2.24) is 9.46 Å². The molecular formula is C24H25N3O5S. The van der Waals surface area contributed by atoms with Gasteiger partial charge in [0.2, 0.25) is 15.9 Å². The van der Waals surface area contributed by atoms with Gasteiger partial charge in [0.15, 0.2) is 5.76 Å². The second-order valence-corrected chi connectivity index (χ2v) is 9.90. The number of benzene rings is 1. The molecule has 33 heavy (non-hydrogen) atoms. The number of piperidine rings is 1. The lowest BCUT2D eigenvalue weighted by Gasteiger charge is -2.33. The molecule has 0 bridgehead atoms. The number of hydrogen-bond donors (Lipinski definition) is 0. The van der Waals surface area contributed by atoms with E-state index in [-0.39, 0.29) is 42.1 Å². The molecular weight excluding hydrogens is 442 g/mol. The van der Waals surface area contributed by atoms with Crippen LogP contribution in [0.15, 0.2) is 56.5 Å². The summed E-state index contributed by atoms with van der Waals surface area (Å²) >= 11 is 0. The maximum Gasteiger partial charge on any atom is 0.248 e. The van der Waals surface area contributed by atoms with Crippen molar-refractivity contribution in [2.24, 2.45) is 5.92 Å². The van der Waals surface area contributed by atoms with Gasteiger partial charge in [-0.05, 0) is 57.0 Å². The van der Waals surface area contributed by atoms with Crippen molar-refractivity contribution in [1.29, 1.82) is 0 Å². The molecule has 0 spiro atoms. The van der Waals surface area contributed by atoms with Crippen molar-refractivity contribution < 1.29 is 22.2 Å². The summed E-state index contributed by atoms with van der Waals surface area (Å²) < 4.78 is 38.1. The van der Waals surface area contributed by atoms with E-state index >= 15 is 0 Å². The maximum atomic E-state index is 13.6. The molecule has 1 saturated heterocycles. The normalized spacial score (nSPS) is 15.3. The predicted molar refractivity (Wildman–Crippen MR) is 122 cm³/mol. The Balaban J connectivity index is 1.53. The summed E-state index contributed by atoms with van der Waals surface area (Å²) in [6.07, 6.45) is 7.92. The number of carbonyl (C=O) groups excluding carboxylic acids is 1. The molecule has 4 rings (SSSR count). The smallest absolute Gasteiger partial charge is 0.248 e. The zero-order valence-corrected chi connectivity index (χ0v) is 19.3. The number of furan rings is 1. The quantitative estimate of drug-likeness (QED) is 0.515. The molecule has 1 fully saturated rings. The highest BCUT2D eigenvalue weighted by molar-refractivity contribution is 7.89. The summed E-state index contributed by atoms with van der Waals surface area (Å²) in [5.74, 6) is 3.09. The maximum absolute atomic E-state index is 13.6. The van der Waals surface area contributed by atoms with Gasteiger partial charge in [-0.3, -0.25) is 4.79 Å². The molecule has 2 aromatic heterocycles. The average Bonchev–Trinajstić information content (AvgIpc) is 3.46. The highest BCUT2D eigenvalue weighted by Gasteiger charge is 2.37. The fourth-order valence-corrected chi connectivity index (χ4v) is 5.91. The largest absolute Gasteiger partial charge is 0.467 e. The molecule has 3 aromatic rings. The Morgan fingerprint density at radius 2 is 2.00 bits per heavy atom. The number of rotatable bonds is 6. The highest BCUT2D eigenvalue weighted by Crippen LogP contribution is 2.30. The lowest BCUT2D eigenvalue weighted by Crippen LogP contribution is -2.44. The van der Waals surface area contributed by atoms with Crippen LogP contribution in [0.5, 0.6) is 0 Å². The number of terminal acetylenes is 1. The van der Waals surface area contributed by atoms with E-state index in [0.717, 1.165) is 0 Å². The van der Waals surface area contributed by atoms with Gasteiger partial charge in [-0.15, -0.1) is 6.42 Å². The topological polar surface area (TPSA) is 96.9 Å². The number of sulfonamides is 1. The third-order valence-electron chi connectivity index (χ3n) is 5.85. The number of amides is 1. The molecule has 0 unspecified atom stereocenters. The van der Waals surface area contributed by atoms with Crippen LogP contribution >= 0.6 is 0 Å². The van der Waals surface area contributed by atoms with Gasteiger partial charge >= 0.3 is 0 Å². The Morgan fingerprint density at radius 3 is 2.61 bits per heavy atom. The second-order valence-electron chi connectivity index (χ2n) is 8.03. The van der Waals surface area contributed by atoms with Gasteiger partial charge in [0, 0.05) is 30.3 Å². The number of hydrogen-bond acceptors (Lipinski definition) is 6. The Kier molecular flexibility index (Phi) is 6.40. The third-order valence-corrected chi connectivity index (χ3v) is 8.00. The summed E-state index contributed by atoms with van der Waals surface area (Å²) in [6.45, 7) is 3.93. The molecule has 8 nitrogen and oxygen atoms in total. The molecule has 1 aromatic carbocycles. The molecule has 3 heterocycles. The first-order chi connectivity index (χ1) is 15.8. The summed E-state index contributed by atoms with van der Waals surface area (Å²) in [5.41, 5.74) is 1.69. The van der Waals surface area contributed by atoms with Crippen LogP contribution in [0.3, 0.4) is 0 Å². The summed E-state index contributed by atoms with van der Waals surface area (Å²) in [5, 5.41) is 3.76. The molecule has 0 atom stereocenters. The SMILES string of the molecule is C#Cc1cccc(N(Cc2ccco2)C(=O)C2CCN(S(=O)(=O)c3c(C)noc3C)CC2)c1. The Morgan fingerprint density at radius 1 is 1.24 bits per heavy atom. The van der Waals surface area contributed by atoms with Crippen LogP contribution in [0, 0.1) is 32.1 Å². The van der Waals surface area contributed by atoms with Gasteiger partial charge in [0.1, 0.15) is 16.3 Å². The minimum absolute atomic E-state index is 0.0880. The van der Waals surface area contributed by atoms with Gasteiger partial charge in [-0.1, -0.05) is 17.1 Å². The number of aryl methyl sites for hydroxylation is 2. The van der Waals surface area contributed by atoms with E-state index in [1.54, 1.807) is 43.2 Å². The molecule has 1 amide bonds. The molecule has 172 valence electrons. The Labute approximate surface area is 193 Å². The lowest BCUT2D eigenvalue weighted by molar-refractivity contribution is -0.123. The summed E-state index contributed by atoms with van der Waals surface area (Å²) in [4.78, 5) is 15.3. The van der Waals surface area contributed by atoms with Crippen molar-refractivity contribution in [3.63, 3.8) is 0 Å². The number of aromatic nitrogens is 1. The van der Waals surface area contributed by atoms with Gasteiger partial charge in [0.25, 0.3) is 0 Å². The monoisotopic (exact) mass is 467 g/mol. The Bertz CT molecular complexity index is 1260. The first-order valence-electron chi connectivity index (χ1n) is 10.6. The van der Waals surface area contributed by atoms with Crippen LogP contribution in [0.1, 0.15) is 35.6 Å². The van der Waals surface area contributed by atoms with Crippen molar-refractivity contribution in [3.8, 4) is 12.3 Å². The zero-order valence-electron chi connectivity index (χ0n) is 18.5. The molecule has 1 aliphatic rings. The van der Waals surface area contributed by atoms with E-state index in [4.69, 9.17) is 15.4 Å². The van der Waals surface area contributed by atoms with Crippen LogP contribution in [-0.2, 0) is 21.4 Å². The average molecular weight is 468 g/mol. The van der Waals surface area contributed by atoms with Crippen LogP contribution < -0.4 is 4.90 Å². The van der Waals surface area contributed by atoms with Crippen LogP contribution in [0.25, 0.3) is 0 Å². The lowest BCUT2D eigenvalue weighted by atomic mass is 9.96. The number of nitrogens with zero attached hydrogens (tertiary/aromatic N) is 3. The van der Waals surface area contributed by atoms with Crippen molar-refractivity contribution in [2.75, 3.05) is 18.0 Å². The van der Waals surface area contributed by atoms with Crippen LogP contribution in [-0.4, -0.2) is 36.9 Å². The van der Waals surface area contributed by atoms with E-state index in [1.165, 1.54) is 4.31 Å². The first kappa shape index (κ1) is 22.8. The molecule has 1 aliphatic heterocycles. The van der Waals surface area contributed by atoms with Crippen molar-refractivity contribution >= 4 is 21.6 Å². The van der Waals surface area contributed by atoms with Crippen LogP contribution in [0.4, 0.5) is 5.69 Å². The summed E-state index contributed by atoms with van der Waals surface area (Å²) in [6, 6.07) is 10.8. The van der Waals surface area contributed by atoms with Crippen molar-refractivity contribution in [3.05, 3.63) is 65.4 Å². The predicted octanol–water partition coefficient (Wildman–Crippen LogP) is 3.50. The molecule has 9 heteroatoms. The number of anilines is 1. The standard InChI is InChI=1S/C24H25N3O5S/c1-4-19-7-5-8-21(15-19)27(16-22-9-6-14-31-22)24(28)20-10-12-26(13-11-20)33(29,30)23-17(2)25-32-18(23)3/h1,5-9,14-15,20H,10-13,16H2,2-3H3. The van der Waals surface area contributed by atoms with Crippen molar-refractivity contribution in [2.45, 2.75) is 38.1 Å². The summed E-state index contributed by atoms with van der Waals surface area (Å²) in [7, 11) is -3.74.